The quantitative estimate of drug-likeness (QED) is 0.569. The van der Waals surface area contributed by atoms with Gasteiger partial charge in [0.15, 0.2) is 5.78 Å². The number of hydrogen-bond donors (Lipinski definition) is 2. The molecule has 2 N–H and O–H groups in total. The van der Waals surface area contributed by atoms with Gasteiger partial charge >= 0.3 is 0 Å². The first-order valence-electron chi connectivity index (χ1n) is 7.89. The van der Waals surface area contributed by atoms with Crippen LogP contribution in [0.5, 0.6) is 5.75 Å². The van der Waals surface area contributed by atoms with Crippen LogP contribution in [-0.2, 0) is 4.79 Å². The lowest BCUT2D eigenvalue weighted by Crippen LogP contribution is -2.37. The van der Waals surface area contributed by atoms with Gasteiger partial charge in [-0.2, -0.15) is 0 Å². The van der Waals surface area contributed by atoms with E-state index in [9.17, 15) is 9.59 Å². The van der Waals surface area contributed by atoms with Gasteiger partial charge < -0.3 is 15.4 Å². The van der Waals surface area contributed by atoms with Crippen LogP contribution in [0.4, 0.5) is 0 Å². The van der Waals surface area contributed by atoms with Crippen molar-refractivity contribution in [3.63, 3.8) is 0 Å². The summed E-state index contributed by atoms with van der Waals surface area (Å²) < 4.78 is 5.58. The van der Waals surface area contributed by atoms with Crippen molar-refractivity contribution in [3.05, 3.63) is 29.8 Å². The van der Waals surface area contributed by atoms with E-state index in [0.717, 1.165) is 13.0 Å². The van der Waals surface area contributed by atoms with E-state index < -0.39 is 0 Å². The van der Waals surface area contributed by atoms with E-state index in [4.69, 9.17) is 4.74 Å². The first-order valence-corrected chi connectivity index (χ1v) is 7.89. The van der Waals surface area contributed by atoms with E-state index in [0.29, 0.717) is 43.3 Å². The van der Waals surface area contributed by atoms with Crippen molar-refractivity contribution >= 4 is 11.7 Å². The molecule has 0 radical (unpaired) electrons. The van der Waals surface area contributed by atoms with Gasteiger partial charge in [0, 0.05) is 24.6 Å². The summed E-state index contributed by atoms with van der Waals surface area (Å²) in [5.74, 6) is 0.753. The maximum Gasteiger partial charge on any atom is 0.220 e. The molecular weight excluding hydrogens is 280 g/mol. The Balaban J connectivity index is 1.61. The number of amides is 1. The fraction of sp³-hybridized carbons (Fsp3) is 0.529. The Kier molecular flexibility index (Phi) is 6.40. The fourth-order valence-corrected chi connectivity index (χ4v) is 2.48. The molecule has 1 unspecified atom stereocenters. The van der Waals surface area contributed by atoms with Gasteiger partial charge in [-0.25, -0.2) is 0 Å². The van der Waals surface area contributed by atoms with Crippen LogP contribution in [0.3, 0.4) is 0 Å². The lowest BCUT2D eigenvalue weighted by molar-refractivity contribution is -0.121. The highest BCUT2D eigenvalue weighted by Gasteiger charge is 2.14. The number of nitrogens with one attached hydrogen (secondary N) is 2. The summed E-state index contributed by atoms with van der Waals surface area (Å²) in [6.07, 6.45) is 3.44. The lowest BCUT2D eigenvalue weighted by Gasteiger charge is -2.11. The van der Waals surface area contributed by atoms with E-state index in [-0.39, 0.29) is 11.7 Å². The number of benzene rings is 1. The van der Waals surface area contributed by atoms with Gasteiger partial charge in [0.1, 0.15) is 5.75 Å². The Labute approximate surface area is 131 Å². The molecule has 0 saturated carbocycles. The zero-order valence-corrected chi connectivity index (χ0v) is 13.1. The van der Waals surface area contributed by atoms with Crippen LogP contribution in [0, 0.1) is 0 Å². The second-order valence-electron chi connectivity index (χ2n) is 5.63. The van der Waals surface area contributed by atoms with Crippen molar-refractivity contribution in [3.8, 4) is 5.75 Å². The third-order valence-corrected chi connectivity index (χ3v) is 3.77. The molecule has 1 saturated heterocycles. The molecule has 5 heteroatoms. The third-order valence-electron chi connectivity index (χ3n) is 3.77. The second kappa shape index (κ2) is 8.54. The maximum absolute atomic E-state index is 11.7. The molecule has 1 aliphatic heterocycles. The minimum atomic E-state index is 0.0188. The molecular formula is C17H24N2O3. The van der Waals surface area contributed by atoms with Gasteiger partial charge in [0.2, 0.25) is 5.91 Å². The second-order valence-corrected chi connectivity index (χ2v) is 5.63. The average Bonchev–Trinajstić information content (AvgIpc) is 3.03. The van der Waals surface area contributed by atoms with Gasteiger partial charge in [0.25, 0.3) is 0 Å². The summed E-state index contributed by atoms with van der Waals surface area (Å²) in [6, 6.07) is 7.54. The molecule has 0 bridgehead atoms. The minimum Gasteiger partial charge on any atom is -0.494 e. The van der Waals surface area contributed by atoms with Crippen molar-refractivity contribution in [2.75, 3.05) is 19.7 Å². The normalized spacial score (nSPS) is 17.2. The molecule has 22 heavy (non-hydrogen) atoms. The first-order chi connectivity index (χ1) is 10.6. The van der Waals surface area contributed by atoms with E-state index in [1.807, 2.05) is 6.07 Å². The van der Waals surface area contributed by atoms with E-state index in [1.165, 1.54) is 13.3 Å². The third kappa shape index (κ3) is 5.48. The van der Waals surface area contributed by atoms with Crippen molar-refractivity contribution in [2.45, 2.75) is 38.6 Å². The van der Waals surface area contributed by atoms with Gasteiger partial charge in [-0.1, -0.05) is 12.1 Å². The highest BCUT2D eigenvalue weighted by molar-refractivity contribution is 5.94. The number of ether oxygens (including phenoxy) is 1. The zero-order valence-electron chi connectivity index (χ0n) is 13.1. The van der Waals surface area contributed by atoms with E-state index >= 15 is 0 Å². The highest BCUT2D eigenvalue weighted by atomic mass is 16.5. The molecule has 1 amide bonds. The smallest absolute Gasteiger partial charge is 0.220 e. The first kappa shape index (κ1) is 16.5. The maximum atomic E-state index is 11.7. The Bertz CT molecular complexity index is 510. The van der Waals surface area contributed by atoms with Crippen LogP contribution in [0.2, 0.25) is 0 Å². The Hall–Kier alpha value is -1.88. The summed E-state index contributed by atoms with van der Waals surface area (Å²) in [4.78, 5) is 23.0. The van der Waals surface area contributed by atoms with Gasteiger partial charge in [-0.15, -0.1) is 0 Å². The number of hydrogen-bond acceptors (Lipinski definition) is 4. The molecule has 2 rings (SSSR count). The molecule has 1 heterocycles. The number of Topliss-reactive ketones (excluding diaryl/α,β-unsaturated/α-hetero) is 1. The summed E-state index contributed by atoms with van der Waals surface area (Å²) in [6.45, 7) is 3.76. The van der Waals surface area contributed by atoms with E-state index in [2.05, 4.69) is 10.6 Å². The predicted molar refractivity (Wildman–Crippen MR) is 85.2 cm³/mol. The summed E-state index contributed by atoms with van der Waals surface area (Å²) in [7, 11) is 0. The Morgan fingerprint density at radius 3 is 3.00 bits per heavy atom. The summed E-state index contributed by atoms with van der Waals surface area (Å²) >= 11 is 0. The fourth-order valence-electron chi connectivity index (χ4n) is 2.48. The monoisotopic (exact) mass is 304 g/mol. The number of ketones is 1. The number of carbonyl (C=O) groups excluding carboxylic acids is 2. The molecule has 0 aromatic heterocycles. The average molecular weight is 304 g/mol. The van der Waals surface area contributed by atoms with Gasteiger partial charge in [-0.3, -0.25) is 9.59 Å². The van der Waals surface area contributed by atoms with Crippen LogP contribution in [0.25, 0.3) is 0 Å². The molecule has 0 aliphatic carbocycles. The highest BCUT2D eigenvalue weighted by Crippen LogP contribution is 2.14. The van der Waals surface area contributed by atoms with Crippen LogP contribution in [-0.4, -0.2) is 37.4 Å². The summed E-state index contributed by atoms with van der Waals surface area (Å²) in [5.41, 5.74) is 0.638. The standard InChI is InChI=1S/C17H24N2O3/c1-13(20)14-5-2-7-16(11-14)22-10-4-8-17(21)19-12-15-6-3-9-18-15/h2,5,7,11,15,18H,3-4,6,8-10,12H2,1H3,(H,19,21). The van der Waals surface area contributed by atoms with Crippen molar-refractivity contribution in [2.24, 2.45) is 0 Å². The Morgan fingerprint density at radius 1 is 1.41 bits per heavy atom. The molecule has 1 aliphatic rings. The van der Waals surface area contributed by atoms with Crippen LogP contribution in [0.1, 0.15) is 43.0 Å². The van der Waals surface area contributed by atoms with Crippen LogP contribution < -0.4 is 15.4 Å². The summed E-state index contributed by atoms with van der Waals surface area (Å²) in [5, 5.41) is 6.29. The van der Waals surface area contributed by atoms with Gasteiger partial charge in [0.05, 0.1) is 6.61 Å². The van der Waals surface area contributed by atoms with Gasteiger partial charge in [-0.05, 0) is 44.9 Å². The molecule has 5 nitrogen and oxygen atoms in total. The minimum absolute atomic E-state index is 0.0188. The predicted octanol–water partition coefficient (Wildman–Crippen LogP) is 1.92. The molecule has 1 atom stereocenters. The largest absolute Gasteiger partial charge is 0.494 e. The SMILES string of the molecule is CC(=O)c1cccc(OCCCC(=O)NCC2CCCN2)c1. The zero-order chi connectivity index (χ0) is 15.8. The van der Waals surface area contributed by atoms with Crippen LogP contribution >= 0.6 is 0 Å². The van der Waals surface area contributed by atoms with Crippen molar-refractivity contribution in [1.82, 2.24) is 10.6 Å². The van der Waals surface area contributed by atoms with Crippen molar-refractivity contribution < 1.29 is 14.3 Å². The molecule has 0 spiro atoms. The molecule has 1 aromatic carbocycles. The number of carbonyl (C=O) groups is 2. The van der Waals surface area contributed by atoms with E-state index in [1.54, 1.807) is 18.2 Å². The lowest BCUT2D eigenvalue weighted by atomic mass is 10.1. The molecule has 1 aromatic rings. The Morgan fingerprint density at radius 2 is 2.27 bits per heavy atom. The van der Waals surface area contributed by atoms with Crippen molar-refractivity contribution in [1.29, 1.82) is 0 Å². The van der Waals surface area contributed by atoms with Crippen LogP contribution in [0.15, 0.2) is 24.3 Å². The molecule has 1 fully saturated rings. The topological polar surface area (TPSA) is 67.4 Å². The molecule has 120 valence electrons. The number of rotatable bonds is 8.